The Bertz CT molecular complexity index is 215. The van der Waals surface area contributed by atoms with Gasteiger partial charge in [-0.1, -0.05) is 0 Å². The minimum absolute atomic E-state index is 0.181. The summed E-state index contributed by atoms with van der Waals surface area (Å²) in [6.45, 7) is 5.61. The number of ether oxygens (including phenoxy) is 2. The molecule has 1 aliphatic heterocycles. The lowest BCUT2D eigenvalue weighted by molar-refractivity contribution is -0.101. The number of nitrogens with zero attached hydrogens (tertiary/aromatic N) is 2. The number of hydrogen-bond donors (Lipinski definition) is 0. The van der Waals surface area contributed by atoms with Gasteiger partial charge in [0.05, 0.1) is 24.9 Å². The van der Waals surface area contributed by atoms with Gasteiger partial charge in [0.2, 0.25) is 0 Å². The molecule has 1 fully saturated rings. The monoisotopic (exact) mass is 212 g/mol. The fraction of sp³-hybridized carbons (Fsp3) is 0.909. The Morgan fingerprint density at radius 2 is 2.33 bits per heavy atom. The highest BCUT2D eigenvalue weighted by Gasteiger charge is 2.24. The molecule has 0 aromatic heterocycles. The van der Waals surface area contributed by atoms with Gasteiger partial charge in [-0.15, -0.1) is 0 Å². The van der Waals surface area contributed by atoms with E-state index in [0.717, 1.165) is 26.1 Å². The van der Waals surface area contributed by atoms with E-state index in [-0.39, 0.29) is 12.2 Å². The number of rotatable bonds is 5. The van der Waals surface area contributed by atoms with E-state index in [9.17, 15) is 0 Å². The molecule has 4 heteroatoms. The van der Waals surface area contributed by atoms with Crippen LogP contribution in [0.4, 0.5) is 0 Å². The first kappa shape index (κ1) is 12.4. The van der Waals surface area contributed by atoms with Gasteiger partial charge >= 0.3 is 0 Å². The third kappa shape index (κ3) is 4.61. The number of methoxy groups -OCH3 is 1. The normalized spacial score (nSPS) is 27.5. The van der Waals surface area contributed by atoms with Crippen LogP contribution in [0.25, 0.3) is 0 Å². The van der Waals surface area contributed by atoms with Crippen molar-refractivity contribution in [1.82, 2.24) is 4.90 Å². The molecule has 4 nitrogen and oxygen atoms in total. The topological polar surface area (TPSA) is 45.5 Å². The molecular weight excluding hydrogens is 192 g/mol. The summed E-state index contributed by atoms with van der Waals surface area (Å²) < 4.78 is 10.8. The van der Waals surface area contributed by atoms with E-state index < -0.39 is 0 Å². The molecule has 1 aliphatic rings. The fourth-order valence-electron chi connectivity index (χ4n) is 1.98. The Morgan fingerprint density at radius 1 is 1.53 bits per heavy atom. The average molecular weight is 212 g/mol. The van der Waals surface area contributed by atoms with Crippen molar-refractivity contribution in [1.29, 1.82) is 5.26 Å². The van der Waals surface area contributed by atoms with Crippen molar-refractivity contribution < 1.29 is 9.47 Å². The van der Waals surface area contributed by atoms with E-state index in [4.69, 9.17) is 14.7 Å². The number of hydrogen-bond acceptors (Lipinski definition) is 4. The van der Waals surface area contributed by atoms with Crippen LogP contribution in [0.15, 0.2) is 0 Å². The molecule has 86 valence electrons. The Balaban J connectivity index is 2.28. The van der Waals surface area contributed by atoms with Gasteiger partial charge in [0.15, 0.2) is 0 Å². The third-order valence-corrected chi connectivity index (χ3v) is 2.52. The quantitative estimate of drug-likeness (QED) is 0.638. The van der Waals surface area contributed by atoms with Gasteiger partial charge in [-0.25, -0.2) is 0 Å². The average Bonchev–Trinajstić information content (AvgIpc) is 2.18. The van der Waals surface area contributed by atoms with Crippen molar-refractivity contribution in [3.8, 4) is 6.07 Å². The highest BCUT2D eigenvalue weighted by Crippen LogP contribution is 2.11. The second kappa shape index (κ2) is 6.78. The molecule has 0 aromatic rings. The highest BCUT2D eigenvalue weighted by molar-refractivity contribution is 4.77. The Hall–Kier alpha value is -0.630. The standard InChI is InChI=1S/C11H20N2O2/c1-10-7-13(6-4-3-5-12)8-11(15-10)9-14-2/h10-11H,3-4,6-9H2,1-2H3. The second-order valence-corrected chi connectivity index (χ2v) is 4.05. The first-order valence-corrected chi connectivity index (χ1v) is 5.50. The molecule has 15 heavy (non-hydrogen) atoms. The first-order chi connectivity index (χ1) is 7.26. The summed E-state index contributed by atoms with van der Waals surface area (Å²) in [5.74, 6) is 0. The van der Waals surface area contributed by atoms with Gasteiger partial charge in [-0.05, 0) is 19.9 Å². The molecule has 1 heterocycles. The minimum atomic E-state index is 0.181. The predicted molar refractivity (Wildman–Crippen MR) is 57.5 cm³/mol. The summed E-state index contributed by atoms with van der Waals surface area (Å²) in [5, 5.41) is 8.47. The zero-order valence-corrected chi connectivity index (χ0v) is 9.61. The summed E-state index contributed by atoms with van der Waals surface area (Å²) in [4.78, 5) is 2.36. The summed E-state index contributed by atoms with van der Waals surface area (Å²) >= 11 is 0. The molecule has 0 aromatic carbocycles. The van der Waals surface area contributed by atoms with Crippen LogP contribution in [0.3, 0.4) is 0 Å². The van der Waals surface area contributed by atoms with E-state index in [1.54, 1.807) is 7.11 Å². The molecule has 1 rings (SSSR count). The van der Waals surface area contributed by atoms with E-state index in [0.29, 0.717) is 13.0 Å². The molecular formula is C11H20N2O2. The molecule has 0 aliphatic carbocycles. The van der Waals surface area contributed by atoms with Gasteiger partial charge in [-0.3, -0.25) is 4.90 Å². The molecule has 1 saturated heterocycles. The van der Waals surface area contributed by atoms with E-state index in [1.165, 1.54) is 0 Å². The van der Waals surface area contributed by atoms with Crippen LogP contribution in [0.5, 0.6) is 0 Å². The summed E-state index contributed by atoms with van der Waals surface area (Å²) in [6.07, 6.45) is 2.03. The van der Waals surface area contributed by atoms with Gasteiger partial charge in [-0.2, -0.15) is 5.26 Å². The maximum atomic E-state index is 8.47. The van der Waals surface area contributed by atoms with Crippen molar-refractivity contribution in [2.45, 2.75) is 32.0 Å². The zero-order valence-electron chi connectivity index (χ0n) is 9.61. The van der Waals surface area contributed by atoms with Crippen LogP contribution in [-0.4, -0.2) is 50.5 Å². The summed E-state index contributed by atoms with van der Waals surface area (Å²) in [7, 11) is 1.70. The van der Waals surface area contributed by atoms with E-state index in [1.807, 2.05) is 0 Å². The summed E-state index contributed by atoms with van der Waals surface area (Å²) in [6, 6.07) is 2.17. The van der Waals surface area contributed by atoms with Gasteiger partial charge in [0.25, 0.3) is 0 Å². The third-order valence-electron chi connectivity index (χ3n) is 2.52. The largest absolute Gasteiger partial charge is 0.382 e. The van der Waals surface area contributed by atoms with Crippen LogP contribution in [0.2, 0.25) is 0 Å². The molecule has 0 amide bonds. The SMILES string of the molecule is COCC1CN(CCCC#N)CC(C)O1. The molecule has 0 spiro atoms. The van der Waals surface area contributed by atoms with Crippen LogP contribution in [0.1, 0.15) is 19.8 Å². The first-order valence-electron chi connectivity index (χ1n) is 5.50. The lowest BCUT2D eigenvalue weighted by atomic mass is 10.2. The molecule has 0 N–H and O–H groups in total. The molecule has 0 radical (unpaired) electrons. The van der Waals surface area contributed by atoms with Crippen molar-refractivity contribution in [3.63, 3.8) is 0 Å². The van der Waals surface area contributed by atoms with Crippen LogP contribution >= 0.6 is 0 Å². The maximum absolute atomic E-state index is 8.47. The zero-order chi connectivity index (χ0) is 11.1. The maximum Gasteiger partial charge on any atom is 0.0939 e. The molecule has 0 saturated carbocycles. The number of unbranched alkanes of at least 4 members (excludes halogenated alkanes) is 1. The van der Waals surface area contributed by atoms with Crippen molar-refractivity contribution in [2.24, 2.45) is 0 Å². The van der Waals surface area contributed by atoms with Crippen molar-refractivity contribution >= 4 is 0 Å². The van der Waals surface area contributed by atoms with E-state index >= 15 is 0 Å². The van der Waals surface area contributed by atoms with Crippen LogP contribution in [0, 0.1) is 11.3 Å². The van der Waals surface area contributed by atoms with Gasteiger partial charge in [0, 0.05) is 26.6 Å². The predicted octanol–water partition coefficient (Wildman–Crippen LogP) is 1.03. The smallest absolute Gasteiger partial charge is 0.0939 e. The Morgan fingerprint density at radius 3 is 3.00 bits per heavy atom. The molecule has 0 bridgehead atoms. The lowest BCUT2D eigenvalue weighted by Gasteiger charge is -2.36. The van der Waals surface area contributed by atoms with Crippen molar-refractivity contribution in [2.75, 3.05) is 33.4 Å². The lowest BCUT2D eigenvalue weighted by Crippen LogP contribution is -2.48. The minimum Gasteiger partial charge on any atom is -0.382 e. The highest BCUT2D eigenvalue weighted by atomic mass is 16.5. The van der Waals surface area contributed by atoms with Gasteiger partial charge in [0.1, 0.15) is 0 Å². The van der Waals surface area contributed by atoms with Crippen LogP contribution < -0.4 is 0 Å². The molecule has 2 unspecified atom stereocenters. The fourth-order valence-corrected chi connectivity index (χ4v) is 1.98. The van der Waals surface area contributed by atoms with Gasteiger partial charge < -0.3 is 9.47 Å². The second-order valence-electron chi connectivity index (χ2n) is 4.05. The number of morpholine rings is 1. The van der Waals surface area contributed by atoms with Crippen molar-refractivity contribution in [3.05, 3.63) is 0 Å². The summed E-state index contributed by atoms with van der Waals surface area (Å²) in [5.41, 5.74) is 0. The Kier molecular flexibility index (Phi) is 5.62. The van der Waals surface area contributed by atoms with E-state index in [2.05, 4.69) is 17.9 Å². The number of nitriles is 1. The Labute approximate surface area is 91.8 Å². The van der Waals surface area contributed by atoms with Crippen LogP contribution in [-0.2, 0) is 9.47 Å². The molecule has 2 atom stereocenters.